The molecule has 1 saturated heterocycles. The number of alkyl halides is 6. The van der Waals surface area contributed by atoms with E-state index >= 15 is 0 Å². The minimum absolute atomic E-state index is 0.0371. The Morgan fingerprint density at radius 3 is 2.07 bits per heavy atom. The standard InChI is InChI=1S/C20H27F6N3O/c1-2-28(8-9-29-6-4-3-5-7-29)14-18(30)27-13-15-10-16(19(21,22)23)12-17(11-15)20(24,25)26/h10-12H,2-9,13-14H2,1H3,(H,27,30). The minimum Gasteiger partial charge on any atom is -0.351 e. The SMILES string of the molecule is CCN(CCN1CCCCC1)CC(=O)NCc1cc(C(F)(F)F)cc(C(F)(F)F)c1. The third-order valence-electron chi connectivity index (χ3n) is 5.13. The highest BCUT2D eigenvalue weighted by Crippen LogP contribution is 2.36. The lowest BCUT2D eigenvalue weighted by molar-refractivity contribution is -0.143. The minimum atomic E-state index is -4.91. The first kappa shape index (κ1) is 24.5. The maximum absolute atomic E-state index is 12.9. The number of amides is 1. The van der Waals surface area contributed by atoms with Gasteiger partial charge >= 0.3 is 12.4 Å². The topological polar surface area (TPSA) is 35.6 Å². The Labute approximate surface area is 172 Å². The van der Waals surface area contributed by atoms with E-state index in [0.717, 1.165) is 32.5 Å². The van der Waals surface area contributed by atoms with Gasteiger partial charge in [-0.2, -0.15) is 26.3 Å². The third-order valence-corrected chi connectivity index (χ3v) is 5.13. The summed E-state index contributed by atoms with van der Waals surface area (Å²) in [6.07, 6.45) is -6.28. The van der Waals surface area contributed by atoms with E-state index in [0.29, 0.717) is 25.2 Å². The number of piperidine rings is 1. The van der Waals surface area contributed by atoms with E-state index in [9.17, 15) is 31.1 Å². The van der Waals surface area contributed by atoms with Gasteiger partial charge in [-0.15, -0.1) is 0 Å². The smallest absolute Gasteiger partial charge is 0.351 e. The van der Waals surface area contributed by atoms with Crippen LogP contribution in [0, 0.1) is 0 Å². The Morgan fingerprint density at radius 1 is 1.00 bits per heavy atom. The average molecular weight is 439 g/mol. The summed E-state index contributed by atoms with van der Waals surface area (Å²) in [7, 11) is 0. The van der Waals surface area contributed by atoms with Crippen LogP contribution in [0.1, 0.15) is 42.9 Å². The van der Waals surface area contributed by atoms with Crippen LogP contribution in [0.4, 0.5) is 26.3 Å². The van der Waals surface area contributed by atoms with E-state index in [1.165, 1.54) is 6.42 Å². The highest BCUT2D eigenvalue weighted by Gasteiger charge is 2.36. The highest BCUT2D eigenvalue weighted by molar-refractivity contribution is 5.78. The summed E-state index contributed by atoms with van der Waals surface area (Å²) in [5.74, 6) is -0.443. The van der Waals surface area contributed by atoms with E-state index in [1.54, 1.807) is 0 Å². The number of hydrogen-bond acceptors (Lipinski definition) is 3. The molecule has 1 aromatic carbocycles. The maximum atomic E-state index is 12.9. The summed E-state index contributed by atoms with van der Waals surface area (Å²) < 4.78 is 77.6. The number of halogens is 6. The number of hydrogen-bond donors (Lipinski definition) is 1. The summed E-state index contributed by atoms with van der Waals surface area (Å²) in [5, 5.41) is 2.43. The molecule has 0 atom stereocenters. The van der Waals surface area contributed by atoms with Crippen molar-refractivity contribution in [1.82, 2.24) is 15.1 Å². The van der Waals surface area contributed by atoms with Gasteiger partial charge in [0, 0.05) is 19.6 Å². The molecule has 1 amide bonds. The number of carbonyl (C=O) groups excluding carboxylic acids is 1. The second-order valence-electron chi connectivity index (χ2n) is 7.46. The molecule has 0 bridgehead atoms. The molecule has 1 heterocycles. The summed E-state index contributed by atoms with van der Waals surface area (Å²) in [4.78, 5) is 16.4. The van der Waals surface area contributed by atoms with E-state index in [1.807, 2.05) is 11.8 Å². The van der Waals surface area contributed by atoms with E-state index in [4.69, 9.17) is 0 Å². The monoisotopic (exact) mass is 439 g/mol. The predicted molar refractivity (Wildman–Crippen MR) is 101 cm³/mol. The molecule has 1 fully saturated rings. The largest absolute Gasteiger partial charge is 0.416 e. The summed E-state index contributed by atoms with van der Waals surface area (Å²) >= 11 is 0. The van der Waals surface area contributed by atoms with Crippen LogP contribution in [-0.2, 0) is 23.7 Å². The van der Waals surface area contributed by atoms with Gasteiger partial charge in [-0.05, 0) is 56.2 Å². The van der Waals surface area contributed by atoms with Gasteiger partial charge in [-0.1, -0.05) is 13.3 Å². The van der Waals surface area contributed by atoms with Gasteiger partial charge in [0.2, 0.25) is 5.91 Å². The van der Waals surface area contributed by atoms with Gasteiger partial charge in [-0.3, -0.25) is 9.69 Å². The number of benzene rings is 1. The van der Waals surface area contributed by atoms with E-state index in [2.05, 4.69) is 10.2 Å². The first-order valence-electron chi connectivity index (χ1n) is 9.99. The molecule has 1 N–H and O–H groups in total. The van der Waals surface area contributed by atoms with Gasteiger partial charge in [0.25, 0.3) is 0 Å². The van der Waals surface area contributed by atoms with Crippen LogP contribution in [0.25, 0.3) is 0 Å². The lowest BCUT2D eigenvalue weighted by Crippen LogP contribution is -2.42. The van der Waals surface area contributed by atoms with Crippen LogP contribution in [0.15, 0.2) is 18.2 Å². The number of likely N-dealkylation sites (tertiary alicyclic amines) is 1. The predicted octanol–water partition coefficient (Wildman–Crippen LogP) is 4.15. The van der Waals surface area contributed by atoms with Crippen LogP contribution >= 0.6 is 0 Å². The van der Waals surface area contributed by atoms with Crippen molar-refractivity contribution in [3.8, 4) is 0 Å². The molecule has 1 aliphatic heterocycles. The fourth-order valence-electron chi connectivity index (χ4n) is 3.40. The van der Waals surface area contributed by atoms with Crippen molar-refractivity contribution in [3.63, 3.8) is 0 Å². The van der Waals surface area contributed by atoms with Crippen LogP contribution < -0.4 is 5.32 Å². The second-order valence-corrected chi connectivity index (χ2v) is 7.46. The molecule has 4 nitrogen and oxygen atoms in total. The normalized spacial score (nSPS) is 16.1. The van der Waals surface area contributed by atoms with Crippen LogP contribution in [0.5, 0.6) is 0 Å². The fraction of sp³-hybridized carbons (Fsp3) is 0.650. The number of carbonyl (C=O) groups is 1. The van der Waals surface area contributed by atoms with Crippen LogP contribution in [0.3, 0.4) is 0 Å². The molecule has 2 rings (SSSR count). The Balaban J connectivity index is 1.93. The molecule has 1 aromatic rings. The van der Waals surface area contributed by atoms with Crippen molar-refractivity contribution in [2.45, 2.75) is 45.1 Å². The van der Waals surface area contributed by atoms with E-state index in [-0.39, 0.29) is 18.2 Å². The summed E-state index contributed by atoms with van der Waals surface area (Å²) in [5.41, 5.74) is -3.03. The van der Waals surface area contributed by atoms with Crippen molar-refractivity contribution in [2.75, 3.05) is 39.3 Å². The first-order chi connectivity index (χ1) is 14.0. The molecule has 0 saturated carbocycles. The molecule has 30 heavy (non-hydrogen) atoms. The van der Waals surface area contributed by atoms with Crippen LogP contribution in [-0.4, -0.2) is 55.0 Å². The molecular weight excluding hydrogens is 412 g/mol. The van der Waals surface area contributed by atoms with Crippen LogP contribution in [0.2, 0.25) is 0 Å². The average Bonchev–Trinajstić information content (AvgIpc) is 2.68. The zero-order chi connectivity index (χ0) is 22.4. The highest BCUT2D eigenvalue weighted by atomic mass is 19.4. The first-order valence-corrected chi connectivity index (χ1v) is 9.99. The zero-order valence-electron chi connectivity index (χ0n) is 16.9. The molecule has 0 aromatic heterocycles. The number of rotatable bonds is 8. The van der Waals surface area contributed by atoms with Gasteiger partial charge in [0.1, 0.15) is 0 Å². The summed E-state index contributed by atoms with van der Waals surface area (Å²) in [6, 6.07) is 1.33. The van der Waals surface area contributed by atoms with Crippen molar-refractivity contribution >= 4 is 5.91 Å². The molecule has 0 aliphatic carbocycles. The zero-order valence-corrected chi connectivity index (χ0v) is 16.9. The molecule has 0 spiro atoms. The van der Waals surface area contributed by atoms with Gasteiger partial charge < -0.3 is 10.2 Å². The Bertz CT molecular complexity index is 667. The Hall–Kier alpha value is -1.81. The van der Waals surface area contributed by atoms with Gasteiger partial charge in [-0.25, -0.2) is 0 Å². The van der Waals surface area contributed by atoms with Crippen molar-refractivity contribution in [3.05, 3.63) is 34.9 Å². The Morgan fingerprint density at radius 2 is 1.57 bits per heavy atom. The fourth-order valence-corrected chi connectivity index (χ4v) is 3.40. The van der Waals surface area contributed by atoms with Gasteiger partial charge in [0.05, 0.1) is 17.7 Å². The molecule has 170 valence electrons. The number of nitrogens with zero attached hydrogens (tertiary/aromatic N) is 2. The maximum Gasteiger partial charge on any atom is 0.416 e. The molecule has 0 unspecified atom stereocenters. The lowest BCUT2D eigenvalue weighted by atomic mass is 10.0. The van der Waals surface area contributed by atoms with E-state index < -0.39 is 35.9 Å². The lowest BCUT2D eigenvalue weighted by Gasteiger charge is -2.29. The number of likely N-dealkylation sites (N-methyl/N-ethyl adjacent to an activating group) is 1. The third kappa shape index (κ3) is 7.79. The molecule has 1 aliphatic rings. The Kier molecular flexibility index (Phi) is 8.54. The number of nitrogens with one attached hydrogen (secondary N) is 1. The molecular formula is C20H27F6N3O. The molecule has 10 heteroatoms. The van der Waals surface area contributed by atoms with Gasteiger partial charge in [0.15, 0.2) is 0 Å². The van der Waals surface area contributed by atoms with Crippen molar-refractivity contribution in [1.29, 1.82) is 0 Å². The quantitative estimate of drug-likeness (QED) is 0.619. The van der Waals surface area contributed by atoms with Crippen molar-refractivity contribution < 1.29 is 31.1 Å². The summed E-state index contributed by atoms with van der Waals surface area (Å²) in [6.45, 7) is 5.69. The van der Waals surface area contributed by atoms with Crippen molar-refractivity contribution in [2.24, 2.45) is 0 Å². The molecule has 0 radical (unpaired) electrons. The second kappa shape index (κ2) is 10.5.